The highest BCUT2D eigenvalue weighted by atomic mass is 16.4. The average molecular weight is 719 g/mol. The van der Waals surface area contributed by atoms with Crippen LogP contribution in [-0.2, 0) is 0 Å². The Kier molecular flexibility index (Phi) is 45.7. The smallest absolute Gasteiger partial charge is 0.404 e. The molecule has 0 aliphatic heterocycles. The Morgan fingerprint density at radius 1 is 0.392 bits per heavy atom. The zero-order chi connectivity index (χ0) is 37.7. The lowest BCUT2D eigenvalue weighted by molar-refractivity contribution is 0.193. The molecule has 0 bridgehead atoms. The largest absolute Gasteiger partial charge is 0.465 e. The summed E-state index contributed by atoms with van der Waals surface area (Å²) in [5.74, 6) is 0. The molecular formula is C45H86N2O4. The maximum Gasteiger partial charge on any atom is 0.404 e. The average Bonchev–Trinajstić information content (AvgIpc) is 3.11. The lowest BCUT2D eigenvalue weighted by Crippen LogP contribution is -2.21. The fourth-order valence-corrected chi connectivity index (χ4v) is 6.27. The first-order chi connectivity index (χ1) is 24.9. The van der Waals surface area contributed by atoms with E-state index < -0.39 is 12.2 Å². The van der Waals surface area contributed by atoms with E-state index in [0.29, 0.717) is 13.1 Å². The fourth-order valence-electron chi connectivity index (χ4n) is 6.27. The van der Waals surface area contributed by atoms with Crippen molar-refractivity contribution in [3.05, 3.63) is 35.9 Å². The van der Waals surface area contributed by atoms with Gasteiger partial charge < -0.3 is 20.8 Å². The number of amides is 2. The molecule has 6 heteroatoms. The fraction of sp³-hybridized carbons (Fsp3) is 0.822. The summed E-state index contributed by atoms with van der Waals surface area (Å²) in [4.78, 5) is 20.5. The van der Waals surface area contributed by atoms with E-state index in [1.807, 2.05) is 18.2 Å². The van der Waals surface area contributed by atoms with Crippen molar-refractivity contribution in [3.8, 4) is 0 Å². The first kappa shape index (κ1) is 50.9. The Bertz CT molecular complexity index is 757. The van der Waals surface area contributed by atoms with E-state index in [0.717, 1.165) is 25.7 Å². The maximum absolute atomic E-state index is 10.2. The topological polar surface area (TPSA) is 98.7 Å². The Hall–Kier alpha value is -2.24. The molecule has 300 valence electrons. The minimum atomic E-state index is -0.902. The standard InChI is InChI=1S/2C19H39NO2.C7H8/c2*1-2-3-4-5-6-7-8-9-10-11-12-13-14-15-16-17-18-20-19(21)22;1-7-5-3-2-4-6-7/h2*20H,2-18H2,1H3,(H,21,22);2-6H,1H3. The third-order valence-corrected chi connectivity index (χ3v) is 9.55. The molecule has 1 rings (SSSR count). The van der Waals surface area contributed by atoms with Crippen molar-refractivity contribution < 1.29 is 19.8 Å². The second kappa shape index (κ2) is 45.8. The SMILES string of the molecule is CCCCCCCCCCCCCCCCCCNC(=O)O.CCCCCCCCCCCCCCCCCCNC(=O)O.Cc1ccccc1. The summed E-state index contributed by atoms with van der Waals surface area (Å²) in [5, 5.41) is 21.7. The number of benzene rings is 1. The van der Waals surface area contributed by atoms with Crippen molar-refractivity contribution in [2.24, 2.45) is 0 Å². The lowest BCUT2D eigenvalue weighted by atomic mass is 10.0. The van der Waals surface area contributed by atoms with Crippen molar-refractivity contribution in [1.29, 1.82) is 0 Å². The van der Waals surface area contributed by atoms with Crippen LogP contribution in [0.5, 0.6) is 0 Å². The highest BCUT2D eigenvalue weighted by molar-refractivity contribution is 5.64. The molecule has 1 aromatic carbocycles. The van der Waals surface area contributed by atoms with Gasteiger partial charge in [0.05, 0.1) is 0 Å². The van der Waals surface area contributed by atoms with Gasteiger partial charge in [-0.15, -0.1) is 0 Å². The molecule has 4 N–H and O–H groups in total. The Morgan fingerprint density at radius 2 is 0.608 bits per heavy atom. The second-order valence-corrected chi connectivity index (χ2v) is 14.7. The molecule has 0 atom stereocenters. The number of rotatable bonds is 34. The molecule has 6 nitrogen and oxygen atoms in total. The van der Waals surface area contributed by atoms with Crippen LogP contribution in [-0.4, -0.2) is 35.5 Å². The quantitative estimate of drug-likeness (QED) is 0.0533. The molecule has 0 unspecified atom stereocenters. The Labute approximate surface area is 317 Å². The molecule has 0 spiro atoms. The number of hydrogen-bond donors (Lipinski definition) is 4. The molecule has 0 heterocycles. The van der Waals surface area contributed by atoms with Gasteiger partial charge in [-0.1, -0.05) is 242 Å². The summed E-state index contributed by atoms with van der Waals surface area (Å²) in [6, 6.07) is 10.3. The molecule has 0 aromatic heterocycles. The van der Waals surface area contributed by atoms with Crippen LogP contribution in [0.2, 0.25) is 0 Å². The molecule has 0 fully saturated rings. The molecule has 1 aromatic rings. The van der Waals surface area contributed by atoms with Gasteiger partial charge in [-0.25, -0.2) is 9.59 Å². The first-order valence-corrected chi connectivity index (χ1v) is 21.9. The van der Waals surface area contributed by atoms with Gasteiger partial charge in [0.15, 0.2) is 0 Å². The van der Waals surface area contributed by atoms with Gasteiger partial charge in [0, 0.05) is 13.1 Å². The predicted molar refractivity (Wildman–Crippen MR) is 222 cm³/mol. The number of aryl methyl sites for hydroxylation is 1. The van der Waals surface area contributed by atoms with Gasteiger partial charge in [0.2, 0.25) is 0 Å². The van der Waals surface area contributed by atoms with Gasteiger partial charge in [-0.2, -0.15) is 0 Å². The third kappa shape index (κ3) is 52.2. The van der Waals surface area contributed by atoms with Gasteiger partial charge in [0.1, 0.15) is 0 Å². The van der Waals surface area contributed by atoms with Crippen LogP contribution in [0.15, 0.2) is 30.3 Å². The summed E-state index contributed by atoms with van der Waals surface area (Å²) < 4.78 is 0. The summed E-state index contributed by atoms with van der Waals surface area (Å²) >= 11 is 0. The van der Waals surface area contributed by atoms with Crippen molar-refractivity contribution in [2.45, 2.75) is 226 Å². The molecular weight excluding hydrogens is 633 g/mol. The van der Waals surface area contributed by atoms with E-state index in [-0.39, 0.29) is 0 Å². The van der Waals surface area contributed by atoms with Crippen molar-refractivity contribution in [1.82, 2.24) is 10.6 Å². The van der Waals surface area contributed by atoms with E-state index in [9.17, 15) is 9.59 Å². The molecule has 2 amide bonds. The maximum atomic E-state index is 10.2. The number of carboxylic acid groups (broad SMARTS) is 2. The summed E-state index contributed by atoms with van der Waals surface area (Å²) in [5.41, 5.74) is 1.32. The molecule has 0 aliphatic carbocycles. The zero-order valence-corrected chi connectivity index (χ0v) is 34.1. The molecule has 0 aliphatic rings. The van der Waals surface area contributed by atoms with Gasteiger partial charge in [-0.05, 0) is 19.8 Å². The van der Waals surface area contributed by atoms with Crippen LogP contribution >= 0.6 is 0 Å². The van der Waals surface area contributed by atoms with Crippen LogP contribution in [0, 0.1) is 6.92 Å². The van der Waals surface area contributed by atoms with Gasteiger partial charge >= 0.3 is 12.2 Å². The Morgan fingerprint density at radius 3 is 0.784 bits per heavy atom. The molecule has 0 radical (unpaired) electrons. The summed E-state index contributed by atoms with van der Waals surface area (Å²) in [7, 11) is 0. The van der Waals surface area contributed by atoms with Crippen LogP contribution in [0.3, 0.4) is 0 Å². The number of nitrogens with one attached hydrogen (secondary N) is 2. The predicted octanol–water partition coefficient (Wildman–Crippen LogP) is 15.0. The minimum Gasteiger partial charge on any atom is -0.465 e. The van der Waals surface area contributed by atoms with Crippen LogP contribution in [0.4, 0.5) is 9.59 Å². The highest BCUT2D eigenvalue weighted by Gasteiger charge is 1.97. The van der Waals surface area contributed by atoms with E-state index in [1.165, 1.54) is 185 Å². The summed E-state index contributed by atoms with van der Waals surface area (Å²) in [6.07, 6.45) is 41.4. The number of unbranched alkanes of at least 4 members (excludes halogenated alkanes) is 30. The van der Waals surface area contributed by atoms with Crippen LogP contribution in [0.1, 0.15) is 225 Å². The number of carbonyl (C=O) groups is 2. The Balaban J connectivity index is 0. The second-order valence-electron chi connectivity index (χ2n) is 14.7. The zero-order valence-electron chi connectivity index (χ0n) is 34.1. The van der Waals surface area contributed by atoms with E-state index in [2.05, 4.69) is 43.5 Å². The van der Waals surface area contributed by atoms with Crippen LogP contribution < -0.4 is 10.6 Å². The van der Waals surface area contributed by atoms with Gasteiger partial charge in [-0.3, -0.25) is 0 Å². The van der Waals surface area contributed by atoms with Gasteiger partial charge in [0.25, 0.3) is 0 Å². The highest BCUT2D eigenvalue weighted by Crippen LogP contribution is 2.15. The van der Waals surface area contributed by atoms with E-state index in [1.54, 1.807) is 0 Å². The third-order valence-electron chi connectivity index (χ3n) is 9.55. The van der Waals surface area contributed by atoms with Crippen molar-refractivity contribution in [2.75, 3.05) is 13.1 Å². The molecule has 51 heavy (non-hydrogen) atoms. The van der Waals surface area contributed by atoms with E-state index in [4.69, 9.17) is 10.2 Å². The van der Waals surface area contributed by atoms with Crippen molar-refractivity contribution >= 4 is 12.2 Å². The summed E-state index contributed by atoms with van der Waals surface area (Å²) in [6.45, 7) is 7.84. The minimum absolute atomic E-state index is 0.605. The number of hydrogen-bond acceptors (Lipinski definition) is 2. The first-order valence-electron chi connectivity index (χ1n) is 21.9. The van der Waals surface area contributed by atoms with Crippen molar-refractivity contribution in [3.63, 3.8) is 0 Å². The molecule has 0 saturated heterocycles. The monoisotopic (exact) mass is 719 g/mol. The van der Waals surface area contributed by atoms with E-state index >= 15 is 0 Å². The molecule has 0 saturated carbocycles. The lowest BCUT2D eigenvalue weighted by Gasteiger charge is -2.03. The normalized spacial score (nSPS) is 10.5. The van der Waals surface area contributed by atoms with Crippen LogP contribution in [0.25, 0.3) is 0 Å².